The number of alkyl carbamates (subject to hydrolysis) is 1. The van der Waals surface area contributed by atoms with E-state index in [2.05, 4.69) is 10.6 Å². The first-order valence-electron chi connectivity index (χ1n) is 11.8. The van der Waals surface area contributed by atoms with Crippen LogP contribution in [-0.4, -0.2) is 49.3 Å². The number of hydrogen-bond acceptors (Lipinski definition) is 6. The number of ether oxygens (including phenoxy) is 1. The third-order valence-electron chi connectivity index (χ3n) is 5.30. The molecule has 0 aromatic heterocycles. The Kier molecular flexibility index (Phi) is 8.14. The van der Waals surface area contributed by atoms with Crippen molar-refractivity contribution in [2.24, 2.45) is 0 Å². The molecule has 1 aliphatic rings. The van der Waals surface area contributed by atoms with Crippen molar-refractivity contribution in [3.8, 4) is 0 Å². The van der Waals surface area contributed by atoms with Crippen LogP contribution in [0.5, 0.6) is 0 Å². The van der Waals surface area contributed by atoms with Crippen LogP contribution in [0.25, 0.3) is 0 Å². The van der Waals surface area contributed by atoms with Crippen LogP contribution in [0, 0.1) is 5.82 Å². The van der Waals surface area contributed by atoms with Crippen molar-refractivity contribution in [2.45, 2.75) is 70.2 Å². The number of benzene rings is 2. The second-order valence-corrected chi connectivity index (χ2v) is 13.5. The molecule has 1 aliphatic heterocycles. The zero-order chi connectivity index (χ0) is 28.6. The van der Waals surface area contributed by atoms with Gasteiger partial charge in [0.1, 0.15) is 17.5 Å². The highest BCUT2D eigenvalue weighted by Gasteiger charge is 2.40. The minimum atomic E-state index is -4.31. The molecule has 2 aromatic carbocycles. The van der Waals surface area contributed by atoms with Crippen LogP contribution in [0.4, 0.5) is 14.9 Å². The number of carbonyl (C=O) groups is 3. The molecule has 0 fully saturated rings. The monoisotopic (exact) mass is 567 g/mol. The molecule has 9 nitrogen and oxygen atoms in total. The lowest BCUT2D eigenvalue weighted by Gasteiger charge is -2.27. The highest BCUT2D eigenvalue weighted by atomic mass is 35.5. The largest absolute Gasteiger partial charge is 0.444 e. The number of sulfone groups is 1. The van der Waals surface area contributed by atoms with Crippen LogP contribution in [0.2, 0.25) is 5.02 Å². The Hall–Kier alpha value is -3.18. The zero-order valence-corrected chi connectivity index (χ0v) is 23.6. The molecule has 2 aromatic rings. The van der Waals surface area contributed by atoms with Crippen LogP contribution < -0.4 is 15.5 Å². The molecule has 1 atom stereocenters. The number of anilines is 1. The third kappa shape index (κ3) is 7.22. The molecule has 1 heterocycles. The van der Waals surface area contributed by atoms with E-state index in [0.29, 0.717) is 10.6 Å². The molecular weight excluding hydrogens is 537 g/mol. The number of rotatable bonds is 4. The van der Waals surface area contributed by atoms with Gasteiger partial charge in [-0.25, -0.2) is 17.6 Å². The van der Waals surface area contributed by atoms with Gasteiger partial charge < -0.3 is 20.3 Å². The zero-order valence-electron chi connectivity index (χ0n) is 22.0. The van der Waals surface area contributed by atoms with Crippen molar-refractivity contribution in [3.05, 3.63) is 58.4 Å². The number of nitrogens with one attached hydrogen (secondary N) is 2. The molecule has 0 saturated heterocycles. The van der Waals surface area contributed by atoms with E-state index in [4.69, 9.17) is 16.3 Å². The van der Waals surface area contributed by atoms with Crippen molar-refractivity contribution in [3.63, 3.8) is 0 Å². The maximum absolute atomic E-state index is 15.1. The van der Waals surface area contributed by atoms with Crippen LogP contribution in [0.15, 0.2) is 41.3 Å². The Balaban J connectivity index is 2.15. The minimum absolute atomic E-state index is 0.142. The van der Waals surface area contributed by atoms with Crippen molar-refractivity contribution in [1.29, 1.82) is 0 Å². The van der Waals surface area contributed by atoms with Crippen molar-refractivity contribution >= 4 is 45.0 Å². The first-order chi connectivity index (χ1) is 17.4. The predicted molar refractivity (Wildman–Crippen MR) is 141 cm³/mol. The number of halogens is 2. The van der Waals surface area contributed by atoms with Gasteiger partial charge >= 0.3 is 6.09 Å². The normalized spacial score (nSPS) is 17.3. The summed E-state index contributed by atoms with van der Waals surface area (Å²) in [5.41, 5.74) is -1.64. The van der Waals surface area contributed by atoms with Gasteiger partial charge in [-0.05, 0) is 71.4 Å². The molecule has 0 unspecified atom stereocenters. The lowest BCUT2D eigenvalue weighted by Crippen LogP contribution is -2.51. The molecule has 0 bridgehead atoms. The summed E-state index contributed by atoms with van der Waals surface area (Å²) < 4.78 is 47.1. The van der Waals surface area contributed by atoms with E-state index in [0.717, 1.165) is 17.0 Å². The number of amides is 3. The Bertz CT molecular complexity index is 1370. The summed E-state index contributed by atoms with van der Waals surface area (Å²) in [6, 6.07) is 6.72. The van der Waals surface area contributed by atoms with E-state index in [-0.39, 0.29) is 12.2 Å². The molecular formula is C26H31ClFN3O6S. The van der Waals surface area contributed by atoms with Gasteiger partial charge in [0, 0.05) is 10.6 Å². The minimum Gasteiger partial charge on any atom is -0.444 e. The fraction of sp³-hybridized carbons (Fsp3) is 0.423. The Labute approximate surface area is 226 Å². The summed E-state index contributed by atoms with van der Waals surface area (Å²) in [5, 5.41) is 5.43. The molecule has 0 aliphatic carbocycles. The van der Waals surface area contributed by atoms with Crippen LogP contribution in [-0.2, 0) is 25.9 Å². The van der Waals surface area contributed by atoms with E-state index in [1.807, 2.05) is 0 Å². The number of carbonyl (C=O) groups excluding carboxylic acids is 3. The van der Waals surface area contributed by atoms with Crippen LogP contribution in [0.1, 0.15) is 57.5 Å². The third-order valence-corrected chi connectivity index (χ3v) is 7.32. The summed E-state index contributed by atoms with van der Waals surface area (Å²) in [6.45, 7) is 9.84. The fourth-order valence-corrected chi connectivity index (χ4v) is 5.50. The summed E-state index contributed by atoms with van der Waals surface area (Å²) in [7, 11) is -4.31. The maximum atomic E-state index is 15.1. The molecule has 12 heteroatoms. The summed E-state index contributed by atoms with van der Waals surface area (Å²) >= 11 is 5.98. The van der Waals surface area contributed by atoms with Gasteiger partial charge in [0.05, 0.1) is 28.4 Å². The van der Waals surface area contributed by atoms with Gasteiger partial charge in [0.2, 0.25) is 0 Å². The lowest BCUT2D eigenvalue weighted by molar-refractivity contribution is -0.120. The average molecular weight is 568 g/mol. The Morgan fingerprint density at radius 1 is 1.11 bits per heavy atom. The average Bonchev–Trinajstić information content (AvgIpc) is 2.81. The highest BCUT2D eigenvalue weighted by Crippen LogP contribution is 2.34. The number of hydrogen-bond donors (Lipinski definition) is 2. The molecule has 0 spiro atoms. The standard InChI is InChI=1S/C26H31ClFN3O6S/c1-25(2,3)30-22(32)17-11-20-21(12-18(17)28)38(35,36)14-19(29-24(34)37-26(4,5)6)23(33)31(20)13-15-7-9-16(27)10-8-15/h7-12,19H,13-14H2,1-6H3,(H,29,34)(H,30,32)/t19-/m0/s1. The van der Waals surface area contributed by atoms with Gasteiger partial charge in [0.15, 0.2) is 9.84 Å². The summed E-state index contributed by atoms with van der Waals surface area (Å²) in [5.74, 6) is -3.45. The molecule has 2 N–H and O–H groups in total. The molecule has 0 saturated carbocycles. The van der Waals surface area contributed by atoms with Gasteiger partial charge in [-0.1, -0.05) is 23.7 Å². The molecule has 3 rings (SSSR count). The topological polar surface area (TPSA) is 122 Å². The van der Waals surface area contributed by atoms with E-state index in [1.54, 1.807) is 65.8 Å². The number of nitrogens with zero attached hydrogens (tertiary/aromatic N) is 1. The van der Waals surface area contributed by atoms with Gasteiger partial charge in [-0.15, -0.1) is 0 Å². The quantitative estimate of drug-likeness (QED) is 0.570. The molecule has 206 valence electrons. The number of fused-ring (bicyclic) bond motifs is 1. The van der Waals surface area contributed by atoms with E-state index in [9.17, 15) is 22.8 Å². The second kappa shape index (κ2) is 10.5. The van der Waals surface area contributed by atoms with Crippen molar-refractivity contribution < 1.29 is 31.9 Å². The first-order valence-corrected chi connectivity index (χ1v) is 13.8. The van der Waals surface area contributed by atoms with E-state index < -0.39 is 67.0 Å². The fourth-order valence-electron chi connectivity index (χ4n) is 3.76. The first kappa shape index (κ1) is 29.4. The molecule has 3 amide bonds. The van der Waals surface area contributed by atoms with Gasteiger partial charge in [0.25, 0.3) is 11.8 Å². The predicted octanol–water partition coefficient (Wildman–Crippen LogP) is 4.22. The lowest BCUT2D eigenvalue weighted by atomic mass is 10.1. The van der Waals surface area contributed by atoms with Crippen LogP contribution in [0.3, 0.4) is 0 Å². The van der Waals surface area contributed by atoms with Crippen molar-refractivity contribution in [2.75, 3.05) is 10.7 Å². The summed E-state index contributed by atoms with van der Waals surface area (Å²) in [4.78, 5) is 39.7. The summed E-state index contributed by atoms with van der Waals surface area (Å²) in [6.07, 6.45) is -0.986. The van der Waals surface area contributed by atoms with Crippen LogP contribution >= 0.6 is 11.6 Å². The Morgan fingerprint density at radius 2 is 1.71 bits per heavy atom. The SMILES string of the molecule is CC(C)(C)NC(=O)c1cc2c(cc1F)S(=O)(=O)C[C@H](NC(=O)OC(C)(C)C)C(=O)N2Cc1ccc(Cl)cc1. The maximum Gasteiger partial charge on any atom is 0.408 e. The van der Waals surface area contributed by atoms with Gasteiger partial charge in [-0.3, -0.25) is 9.59 Å². The highest BCUT2D eigenvalue weighted by molar-refractivity contribution is 7.91. The smallest absolute Gasteiger partial charge is 0.408 e. The Morgan fingerprint density at radius 3 is 2.26 bits per heavy atom. The van der Waals surface area contributed by atoms with Crippen molar-refractivity contribution in [1.82, 2.24) is 10.6 Å². The van der Waals surface area contributed by atoms with E-state index in [1.165, 1.54) is 0 Å². The second-order valence-electron chi connectivity index (χ2n) is 11.0. The van der Waals surface area contributed by atoms with E-state index >= 15 is 4.39 Å². The molecule has 38 heavy (non-hydrogen) atoms. The van der Waals surface area contributed by atoms with Gasteiger partial charge in [-0.2, -0.15) is 0 Å². The molecule has 0 radical (unpaired) electrons.